The number of sulfonamides is 1. The van der Waals surface area contributed by atoms with Gasteiger partial charge in [-0.05, 0) is 66.8 Å². The molecule has 3 aromatic carbocycles. The number of aromatic hydroxyl groups is 1. The standard InChI is InChI=1S/C30H29N7O6S2/c1-42-24-15-22-23(16-25(24)43-2)34-27-26(22)28(32-17-31-27)36-11-13-37(14-12-36)30(44)33-19-5-9-21(10-6-19)45(40,41)35-29(39)18-3-7-20(38)8-4-18/h3-10,15-17,38H,11-14H2,1-2H3,(H,33,44)(H,35,39)(H,31,32,34)/p+1. The number of hydrogen-bond donors (Lipinski definition) is 4. The van der Waals surface area contributed by atoms with Crippen LogP contribution >= 0.6 is 12.2 Å². The summed E-state index contributed by atoms with van der Waals surface area (Å²) in [5.41, 5.74) is 2.35. The first-order valence-corrected chi connectivity index (χ1v) is 15.8. The number of nitrogens with zero attached hydrogens (tertiary/aromatic N) is 3. The lowest BCUT2D eigenvalue weighted by molar-refractivity contribution is -0.367. The Kier molecular flexibility index (Phi) is 8.03. The minimum absolute atomic E-state index is 0.0283. The Labute approximate surface area is 263 Å². The van der Waals surface area contributed by atoms with Crippen LogP contribution in [-0.2, 0) is 10.0 Å². The second-order valence-electron chi connectivity index (χ2n) is 10.3. The highest BCUT2D eigenvalue weighted by Gasteiger charge is 2.28. The van der Waals surface area contributed by atoms with E-state index in [0.29, 0.717) is 48.5 Å². The summed E-state index contributed by atoms with van der Waals surface area (Å²) in [6.45, 7) is 2.68. The van der Waals surface area contributed by atoms with Crippen LogP contribution in [0.25, 0.3) is 21.9 Å². The van der Waals surface area contributed by atoms with Gasteiger partial charge in [-0.25, -0.2) is 18.1 Å². The zero-order valence-electron chi connectivity index (χ0n) is 24.3. The number of piperazine rings is 1. The molecule has 1 saturated heterocycles. The molecule has 0 saturated carbocycles. The lowest BCUT2D eigenvalue weighted by atomic mass is 10.1. The average Bonchev–Trinajstić information content (AvgIpc) is 3.42. The first-order valence-electron chi connectivity index (χ1n) is 13.9. The largest absolute Gasteiger partial charge is 0.508 e. The SMILES string of the molecule is COc1cc2[nH]c3nc[nH+]c(N4CCN(C(=S)Nc5ccc(S(=O)(=O)NC(=O)c6ccc(O)cc6)cc5)CC4)c3c2cc1OC. The zero-order valence-corrected chi connectivity index (χ0v) is 26.0. The number of ether oxygens (including phenoxy) is 2. The number of methoxy groups -OCH3 is 2. The summed E-state index contributed by atoms with van der Waals surface area (Å²) in [5, 5.41) is 15.0. The number of amides is 1. The maximum absolute atomic E-state index is 12.7. The van der Waals surface area contributed by atoms with Gasteiger partial charge in [-0.3, -0.25) is 9.69 Å². The molecule has 5 N–H and O–H groups in total. The number of carbonyl (C=O) groups is 1. The normalized spacial score (nSPS) is 13.6. The van der Waals surface area contributed by atoms with E-state index in [2.05, 4.69) is 30.1 Å². The Bertz CT molecular complexity index is 2010. The van der Waals surface area contributed by atoms with Crippen molar-refractivity contribution in [1.82, 2.24) is 19.6 Å². The molecule has 5 aromatic rings. The number of carbonyl (C=O) groups excluding carboxylic acids is 1. The van der Waals surface area contributed by atoms with Crippen molar-refractivity contribution in [3.63, 3.8) is 0 Å². The van der Waals surface area contributed by atoms with Crippen LogP contribution in [0.3, 0.4) is 0 Å². The second kappa shape index (κ2) is 12.1. The van der Waals surface area contributed by atoms with E-state index < -0.39 is 15.9 Å². The molecule has 6 rings (SSSR count). The highest BCUT2D eigenvalue weighted by molar-refractivity contribution is 7.90. The van der Waals surface area contributed by atoms with Crippen molar-refractivity contribution < 1.29 is 32.8 Å². The molecule has 15 heteroatoms. The molecule has 0 unspecified atom stereocenters. The molecule has 1 fully saturated rings. The van der Waals surface area contributed by atoms with Crippen LogP contribution in [0.2, 0.25) is 0 Å². The summed E-state index contributed by atoms with van der Waals surface area (Å²) < 4.78 is 38.5. The summed E-state index contributed by atoms with van der Waals surface area (Å²) in [6.07, 6.45) is 1.67. The molecule has 2 aromatic heterocycles. The summed E-state index contributed by atoms with van der Waals surface area (Å²) in [4.78, 5) is 27.8. The quantitative estimate of drug-likeness (QED) is 0.192. The minimum atomic E-state index is -4.11. The smallest absolute Gasteiger partial charge is 0.265 e. The third kappa shape index (κ3) is 5.99. The Hall–Kier alpha value is -5.15. The highest BCUT2D eigenvalue weighted by Crippen LogP contribution is 2.37. The van der Waals surface area contributed by atoms with E-state index in [1.54, 1.807) is 32.7 Å². The summed E-state index contributed by atoms with van der Waals surface area (Å²) in [7, 11) is -0.900. The number of H-pyrrole nitrogens is 2. The minimum Gasteiger partial charge on any atom is -0.508 e. The van der Waals surface area contributed by atoms with Gasteiger partial charge in [-0.2, -0.15) is 0 Å². The number of nitrogens with one attached hydrogen (secondary N) is 4. The van der Waals surface area contributed by atoms with Gasteiger partial charge in [0, 0.05) is 22.7 Å². The molecule has 1 aliphatic rings. The first kappa shape index (κ1) is 29.9. The Morgan fingerprint density at radius 2 is 1.67 bits per heavy atom. The van der Waals surface area contributed by atoms with Gasteiger partial charge in [0.05, 0.1) is 50.8 Å². The number of rotatable bonds is 7. The molecular weight excluding hydrogens is 619 g/mol. The van der Waals surface area contributed by atoms with Crippen molar-refractivity contribution in [3.8, 4) is 17.2 Å². The summed E-state index contributed by atoms with van der Waals surface area (Å²) in [6, 6.07) is 15.1. The first-order chi connectivity index (χ1) is 21.7. The fourth-order valence-corrected chi connectivity index (χ4v) is 6.50. The van der Waals surface area contributed by atoms with Crippen molar-refractivity contribution >= 4 is 66.7 Å². The molecule has 0 radical (unpaired) electrons. The van der Waals surface area contributed by atoms with Crippen molar-refractivity contribution in [2.75, 3.05) is 50.6 Å². The lowest BCUT2D eigenvalue weighted by Crippen LogP contribution is -2.51. The van der Waals surface area contributed by atoms with Gasteiger partial charge in [-0.15, -0.1) is 0 Å². The number of phenolic OH excluding ortho intramolecular Hbond substituents is 1. The molecule has 1 aliphatic heterocycles. The molecular formula is C30H30N7O6S2+. The van der Waals surface area contributed by atoms with E-state index in [1.165, 1.54) is 36.4 Å². The third-order valence-corrected chi connectivity index (χ3v) is 9.28. The van der Waals surface area contributed by atoms with Crippen LogP contribution in [0.15, 0.2) is 71.9 Å². The number of fused-ring (bicyclic) bond motifs is 3. The van der Waals surface area contributed by atoms with Crippen LogP contribution in [0.1, 0.15) is 10.4 Å². The molecule has 45 heavy (non-hydrogen) atoms. The van der Waals surface area contributed by atoms with E-state index >= 15 is 0 Å². The molecule has 0 bridgehead atoms. The third-order valence-electron chi connectivity index (χ3n) is 7.57. The molecule has 1 amide bonds. The number of aromatic amines is 2. The Morgan fingerprint density at radius 1 is 1.00 bits per heavy atom. The van der Waals surface area contributed by atoms with Crippen LogP contribution in [0.5, 0.6) is 17.2 Å². The topological polar surface area (TPSA) is 163 Å². The molecule has 0 spiro atoms. The van der Waals surface area contributed by atoms with Crippen LogP contribution < -0.4 is 29.4 Å². The molecule has 0 atom stereocenters. The van der Waals surface area contributed by atoms with Gasteiger partial charge in [0.25, 0.3) is 15.9 Å². The van der Waals surface area contributed by atoms with E-state index in [-0.39, 0.29) is 16.2 Å². The van der Waals surface area contributed by atoms with Crippen molar-refractivity contribution in [2.45, 2.75) is 4.90 Å². The number of thiocarbonyl (C=S) groups is 1. The Balaban J connectivity index is 1.10. The van der Waals surface area contributed by atoms with Crippen molar-refractivity contribution in [2.24, 2.45) is 0 Å². The predicted molar refractivity (Wildman–Crippen MR) is 172 cm³/mol. The molecule has 0 aliphatic carbocycles. The van der Waals surface area contributed by atoms with Gasteiger partial charge in [0.2, 0.25) is 17.8 Å². The fourth-order valence-electron chi connectivity index (χ4n) is 5.23. The maximum atomic E-state index is 12.7. The Morgan fingerprint density at radius 3 is 2.33 bits per heavy atom. The fraction of sp³-hybridized carbons (Fsp3) is 0.200. The molecule has 13 nitrogen and oxygen atoms in total. The van der Waals surface area contributed by atoms with Crippen molar-refractivity contribution in [1.29, 1.82) is 0 Å². The average molecular weight is 649 g/mol. The molecule has 232 valence electrons. The van der Waals surface area contributed by atoms with Gasteiger partial charge < -0.3 is 29.8 Å². The number of aromatic nitrogens is 3. The number of benzene rings is 3. The van der Waals surface area contributed by atoms with Gasteiger partial charge in [0.1, 0.15) is 11.1 Å². The number of phenols is 1. The van der Waals surface area contributed by atoms with Crippen LogP contribution in [-0.4, -0.2) is 79.8 Å². The second-order valence-corrected chi connectivity index (χ2v) is 12.3. The summed E-state index contributed by atoms with van der Waals surface area (Å²) >= 11 is 5.67. The zero-order chi connectivity index (χ0) is 31.7. The van der Waals surface area contributed by atoms with Crippen LogP contribution in [0, 0.1) is 0 Å². The lowest BCUT2D eigenvalue weighted by Gasteiger charge is -2.34. The molecule has 3 heterocycles. The number of hydrogen-bond acceptors (Lipinski definition) is 9. The number of anilines is 2. The van der Waals surface area contributed by atoms with E-state index in [1.807, 2.05) is 16.9 Å². The predicted octanol–water partition coefficient (Wildman–Crippen LogP) is 2.89. The maximum Gasteiger partial charge on any atom is 0.265 e. The van der Waals surface area contributed by atoms with E-state index in [4.69, 9.17) is 21.7 Å². The van der Waals surface area contributed by atoms with E-state index in [9.17, 15) is 18.3 Å². The monoisotopic (exact) mass is 648 g/mol. The van der Waals surface area contributed by atoms with Gasteiger partial charge in [-0.1, -0.05) is 4.98 Å². The van der Waals surface area contributed by atoms with Crippen molar-refractivity contribution in [3.05, 3.63) is 72.6 Å². The summed E-state index contributed by atoms with van der Waals surface area (Å²) in [5.74, 6) is 1.37. The van der Waals surface area contributed by atoms with Gasteiger partial charge >= 0.3 is 0 Å². The van der Waals surface area contributed by atoms with Crippen LogP contribution in [0.4, 0.5) is 11.5 Å². The highest BCUT2D eigenvalue weighted by atomic mass is 32.2. The van der Waals surface area contributed by atoms with Gasteiger partial charge in [0.15, 0.2) is 16.6 Å². The van der Waals surface area contributed by atoms with E-state index in [0.717, 1.165) is 27.8 Å².